The average Bonchev–Trinajstić information content (AvgIpc) is 2.77. The smallest absolute Gasteiger partial charge is 0.188 e. The Labute approximate surface area is 169 Å². The number of carbonyl (C=O) groups is 2. The van der Waals surface area contributed by atoms with Gasteiger partial charge in [0.1, 0.15) is 6.29 Å². The number of aromatic nitrogens is 1. The van der Waals surface area contributed by atoms with Crippen molar-refractivity contribution >= 4 is 29.0 Å². The molecule has 0 spiro atoms. The number of rotatable bonds is 5. The fourth-order valence-corrected chi connectivity index (χ4v) is 3.48. The minimum atomic E-state index is -0.0981. The number of nitrogens with zero attached hydrogens (tertiary/aromatic N) is 1. The van der Waals surface area contributed by atoms with Crippen molar-refractivity contribution in [1.82, 2.24) is 4.98 Å². The van der Waals surface area contributed by atoms with Crippen LogP contribution in [-0.4, -0.2) is 17.1 Å². The summed E-state index contributed by atoms with van der Waals surface area (Å²) in [6.07, 6.45) is 4.14. The summed E-state index contributed by atoms with van der Waals surface area (Å²) >= 11 is 0. The van der Waals surface area contributed by atoms with Gasteiger partial charge in [-0.25, -0.2) is 0 Å². The zero-order valence-corrected chi connectivity index (χ0v) is 16.0. The minimum absolute atomic E-state index is 0.0981. The summed E-state index contributed by atoms with van der Waals surface area (Å²) in [7, 11) is 0. The van der Waals surface area contributed by atoms with E-state index in [1.807, 2.05) is 73.7 Å². The number of fused-ring (bicyclic) bond motifs is 1. The number of allylic oxidation sites excluding steroid dienone is 1. The van der Waals surface area contributed by atoms with E-state index in [2.05, 4.69) is 4.98 Å². The van der Waals surface area contributed by atoms with Gasteiger partial charge in [0.15, 0.2) is 5.78 Å². The maximum atomic E-state index is 13.2. The molecule has 0 aliphatic carbocycles. The van der Waals surface area contributed by atoms with Crippen molar-refractivity contribution in [3.05, 3.63) is 107 Å². The molecule has 0 aliphatic rings. The van der Waals surface area contributed by atoms with Crippen LogP contribution in [0.1, 0.15) is 32.0 Å². The topological polar surface area (TPSA) is 47.0 Å². The number of hydrogen-bond acceptors (Lipinski definition) is 3. The van der Waals surface area contributed by atoms with Crippen LogP contribution in [0.2, 0.25) is 0 Å². The van der Waals surface area contributed by atoms with Crippen molar-refractivity contribution in [1.29, 1.82) is 0 Å². The molecular weight excluding hydrogens is 358 g/mol. The third-order valence-electron chi connectivity index (χ3n) is 4.88. The van der Waals surface area contributed by atoms with Crippen molar-refractivity contribution in [2.75, 3.05) is 0 Å². The van der Waals surface area contributed by atoms with Crippen molar-refractivity contribution in [2.45, 2.75) is 6.92 Å². The lowest BCUT2D eigenvalue weighted by atomic mass is 9.92. The van der Waals surface area contributed by atoms with Gasteiger partial charge >= 0.3 is 0 Å². The highest BCUT2D eigenvalue weighted by molar-refractivity contribution is 6.16. The normalized spacial score (nSPS) is 11.1. The van der Waals surface area contributed by atoms with E-state index in [1.54, 1.807) is 24.3 Å². The van der Waals surface area contributed by atoms with Gasteiger partial charge in [-0.2, -0.15) is 0 Å². The summed E-state index contributed by atoms with van der Waals surface area (Å²) in [6.45, 7) is 1.87. The summed E-state index contributed by atoms with van der Waals surface area (Å²) in [5.74, 6) is -0.0981. The highest BCUT2D eigenvalue weighted by Gasteiger charge is 2.18. The highest BCUT2D eigenvalue weighted by atomic mass is 16.1. The Morgan fingerprint density at radius 2 is 1.48 bits per heavy atom. The van der Waals surface area contributed by atoms with Crippen molar-refractivity contribution < 1.29 is 9.59 Å². The van der Waals surface area contributed by atoms with Crippen LogP contribution in [-0.2, 0) is 0 Å². The fourth-order valence-electron chi connectivity index (χ4n) is 3.48. The van der Waals surface area contributed by atoms with Crippen LogP contribution in [0, 0.1) is 6.92 Å². The van der Waals surface area contributed by atoms with E-state index >= 15 is 0 Å². The second-order valence-corrected chi connectivity index (χ2v) is 6.81. The first kappa shape index (κ1) is 18.5. The number of pyridine rings is 1. The zero-order chi connectivity index (χ0) is 20.2. The Morgan fingerprint density at radius 1 is 0.828 bits per heavy atom. The molecular formula is C26H19NO2. The first-order valence-electron chi connectivity index (χ1n) is 9.40. The molecule has 29 heavy (non-hydrogen) atoms. The summed E-state index contributed by atoms with van der Waals surface area (Å²) in [6, 6.07) is 24.9. The molecule has 0 saturated heterocycles. The van der Waals surface area contributed by atoms with E-state index in [4.69, 9.17) is 0 Å². The Balaban J connectivity index is 1.84. The lowest BCUT2D eigenvalue weighted by Gasteiger charge is -2.14. The Bertz CT molecular complexity index is 1220. The molecule has 0 unspecified atom stereocenters. The van der Waals surface area contributed by atoms with E-state index in [9.17, 15) is 9.59 Å². The highest BCUT2D eigenvalue weighted by Crippen LogP contribution is 2.33. The Hall–Kier alpha value is -3.85. The van der Waals surface area contributed by atoms with Crippen LogP contribution in [0.15, 0.2) is 84.9 Å². The predicted molar refractivity (Wildman–Crippen MR) is 117 cm³/mol. The first-order chi connectivity index (χ1) is 14.2. The van der Waals surface area contributed by atoms with Gasteiger partial charge in [0.05, 0.1) is 11.1 Å². The van der Waals surface area contributed by atoms with Crippen LogP contribution in [0.3, 0.4) is 0 Å². The van der Waals surface area contributed by atoms with Crippen LogP contribution in [0.5, 0.6) is 0 Å². The Kier molecular flexibility index (Phi) is 5.12. The molecule has 0 amide bonds. The van der Waals surface area contributed by atoms with Gasteiger partial charge < -0.3 is 0 Å². The Morgan fingerprint density at radius 3 is 2.21 bits per heavy atom. The maximum absolute atomic E-state index is 13.2. The van der Waals surface area contributed by atoms with E-state index < -0.39 is 0 Å². The molecule has 1 aromatic heterocycles. The SMILES string of the molecule is Cc1nc2ccccc2c(-c2ccccc2)c1C(=O)C=Cc1ccc(C=O)cc1. The monoisotopic (exact) mass is 377 g/mol. The van der Waals surface area contributed by atoms with E-state index in [-0.39, 0.29) is 5.78 Å². The number of para-hydroxylation sites is 1. The summed E-state index contributed by atoms with van der Waals surface area (Å²) in [5, 5.41) is 0.955. The van der Waals surface area contributed by atoms with Crippen LogP contribution < -0.4 is 0 Å². The number of aryl methyl sites for hydroxylation is 1. The van der Waals surface area contributed by atoms with Gasteiger partial charge in [0, 0.05) is 22.2 Å². The number of benzene rings is 3. The fraction of sp³-hybridized carbons (Fsp3) is 0.0385. The average molecular weight is 377 g/mol. The van der Waals surface area contributed by atoms with E-state index in [0.717, 1.165) is 33.9 Å². The number of aldehydes is 1. The molecule has 0 bridgehead atoms. The second-order valence-electron chi connectivity index (χ2n) is 6.81. The van der Waals surface area contributed by atoms with Gasteiger partial charge in [-0.1, -0.05) is 78.9 Å². The molecule has 140 valence electrons. The van der Waals surface area contributed by atoms with Gasteiger partial charge in [-0.05, 0) is 30.2 Å². The molecule has 0 saturated carbocycles. The number of hydrogen-bond donors (Lipinski definition) is 0. The van der Waals surface area contributed by atoms with E-state index in [1.165, 1.54) is 0 Å². The van der Waals surface area contributed by atoms with Crippen molar-refractivity contribution in [2.24, 2.45) is 0 Å². The summed E-state index contributed by atoms with van der Waals surface area (Å²) < 4.78 is 0. The molecule has 3 nitrogen and oxygen atoms in total. The van der Waals surface area contributed by atoms with Crippen molar-refractivity contribution in [3.8, 4) is 11.1 Å². The minimum Gasteiger partial charge on any atom is -0.298 e. The predicted octanol–water partition coefficient (Wildman–Crippen LogP) is 5.92. The molecule has 1 heterocycles. The van der Waals surface area contributed by atoms with E-state index in [0.29, 0.717) is 16.8 Å². The first-order valence-corrected chi connectivity index (χ1v) is 9.40. The van der Waals surface area contributed by atoms with Gasteiger partial charge in [-0.15, -0.1) is 0 Å². The third kappa shape index (κ3) is 3.76. The molecule has 3 aromatic carbocycles. The third-order valence-corrected chi connectivity index (χ3v) is 4.88. The molecule has 3 heteroatoms. The molecule has 4 aromatic rings. The van der Waals surface area contributed by atoms with Crippen LogP contribution in [0.25, 0.3) is 28.1 Å². The zero-order valence-electron chi connectivity index (χ0n) is 16.0. The molecule has 0 atom stereocenters. The lowest BCUT2D eigenvalue weighted by Crippen LogP contribution is -2.05. The molecule has 0 N–H and O–H groups in total. The van der Waals surface area contributed by atoms with Gasteiger partial charge in [-0.3, -0.25) is 14.6 Å². The summed E-state index contributed by atoms with van der Waals surface area (Å²) in [5.41, 5.74) is 5.53. The maximum Gasteiger partial charge on any atom is 0.188 e. The van der Waals surface area contributed by atoms with Gasteiger partial charge in [0.25, 0.3) is 0 Å². The molecule has 0 aliphatic heterocycles. The standard InChI is InChI=1S/C26H19NO2/c1-18-25(24(29)16-15-19-11-13-20(17-28)14-12-19)26(21-7-3-2-4-8-21)22-9-5-6-10-23(22)27-18/h2-17H,1H3. The van der Waals surface area contributed by atoms with Crippen LogP contribution in [0.4, 0.5) is 0 Å². The van der Waals surface area contributed by atoms with Gasteiger partial charge in [0.2, 0.25) is 0 Å². The van der Waals surface area contributed by atoms with Crippen molar-refractivity contribution in [3.63, 3.8) is 0 Å². The summed E-state index contributed by atoms with van der Waals surface area (Å²) in [4.78, 5) is 28.7. The molecule has 4 rings (SSSR count). The second kappa shape index (κ2) is 8.03. The number of ketones is 1. The quantitative estimate of drug-likeness (QED) is 0.246. The van der Waals surface area contributed by atoms with Crippen LogP contribution >= 0.6 is 0 Å². The lowest BCUT2D eigenvalue weighted by molar-refractivity contribution is 0.104. The largest absolute Gasteiger partial charge is 0.298 e. The number of carbonyl (C=O) groups excluding carboxylic acids is 2. The molecule has 0 fully saturated rings. The molecule has 0 radical (unpaired) electrons.